The van der Waals surface area contributed by atoms with Crippen LogP contribution in [0.5, 0.6) is 0 Å². The lowest BCUT2D eigenvalue weighted by atomic mass is 10.0. The largest absolute Gasteiger partial charge is 0.477 e. The van der Waals surface area contributed by atoms with Crippen molar-refractivity contribution in [3.05, 3.63) is 33.6 Å². The summed E-state index contributed by atoms with van der Waals surface area (Å²) in [4.78, 5) is 20.7. The van der Waals surface area contributed by atoms with Crippen LogP contribution in [0, 0.1) is 15.9 Å². The minimum Gasteiger partial charge on any atom is -0.477 e. The molecule has 0 bridgehead atoms. The van der Waals surface area contributed by atoms with Crippen LogP contribution in [-0.2, 0) is 0 Å². The molecule has 0 fully saturated rings. The standard InChI is InChI=1S/C13H17FN2O5/c1-3-4-13(2,19)7-15-10-5-8(12(17)18)11(16(20)21)6-9(10)14/h5-6,15,19H,3-4,7H2,1-2H3,(H,17,18). The minimum atomic E-state index is -1.52. The molecule has 3 N–H and O–H groups in total. The minimum absolute atomic E-state index is 0.00533. The van der Waals surface area contributed by atoms with E-state index in [4.69, 9.17) is 5.11 Å². The first kappa shape index (κ1) is 16.8. The maximum Gasteiger partial charge on any atom is 0.342 e. The lowest BCUT2D eigenvalue weighted by Crippen LogP contribution is -2.33. The van der Waals surface area contributed by atoms with E-state index in [0.717, 1.165) is 12.5 Å². The number of hydrogen-bond donors (Lipinski definition) is 3. The quantitative estimate of drug-likeness (QED) is 0.526. The van der Waals surface area contributed by atoms with E-state index in [2.05, 4.69) is 5.32 Å². The zero-order chi connectivity index (χ0) is 16.2. The first-order valence-corrected chi connectivity index (χ1v) is 6.35. The molecule has 1 atom stereocenters. The number of benzene rings is 1. The summed E-state index contributed by atoms with van der Waals surface area (Å²) in [5, 5.41) is 32.2. The van der Waals surface area contributed by atoms with Crippen molar-refractivity contribution in [1.82, 2.24) is 0 Å². The third kappa shape index (κ3) is 4.38. The van der Waals surface area contributed by atoms with Gasteiger partial charge >= 0.3 is 5.97 Å². The Morgan fingerprint density at radius 2 is 2.14 bits per heavy atom. The molecule has 0 radical (unpaired) electrons. The summed E-state index contributed by atoms with van der Waals surface area (Å²) in [5.41, 5.74) is -2.72. The van der Waals surface area contributed by atoms with Crippen LogP contribution in [0.1, 0.15) is 37.0 Å². The van der Waals surface area contributed by atoms with E-state index < -0.39 is 33.6 Å². The molecular formula is C13H17FN2O5. The highest BCUT2D eigenvalue weighted by Crippen LogP contribution is 2.27. The van der Waals surface area contributed by atoms with Gasteiger partial charge in [0.1, 0.15) is 5.56 Å². The monoisotopic (exact) mass is 300 g/mol. The second-order valence-corrected chi connectivity index (χ2v) is 5.01. The van der Waals surface area contributed by atoms with Crippen molar-refractivity contribution in [3.8, 4) is 0 Å². The Bertz CT molecular complexity index is 560. The Labute approximate surface area is 120 Å². The normalized spacial score (nSPS) is 13.5. The molecule has 21 heavy (non-hydrogen) atoms. The molecule has 8 heteroatoms. The molecular weight excluding hydrogens is 283 g/mol. The van der Waals surface area contributed by atoms with Gasteiger partial charge in [0.25, 0.3) is 5.69 Å². The van der Waals surface area contributed by atoms with Gasteiger partial charge in [0, 0.05) is 6.54 Å². The number of aliphatic hydroxyl groups is 1. The molecule has 0 aliphatic rings. The number of halogens is 1. The van der Waals surface area contributed by atoms with Gasteiger partial charge in [-0.25, -0.2) is 9.18 Å². The molecule has 1 aromatic rings. The fourth-order valence-electron chi connectivity index (χ4n) is 1.93. The van der Waals surface area contributed by atoms with Crippen LogP contribution in [0.4, 0.5) is 15.8 Å². The van der Waals surface area contributed by atoms with Crippen LogP contribution in [0.25, 0.3) is 0 Å². The number of aromatic carboxylic acids is 1. The summed E-state index contributed by atoms with van der Waals surface area (Å²) in [6, 6.07) is 1.41. The number of anilines is 1. The molecule has 0 spiro atoms. The maximum absolute atomic E-state index is 13.8. The van der Waals surface area contributed by atoms with Gasteiger partial charge in [-0.15, -0.1) is 0 Å². The average Bonchev–Trinajstić information content (AvgIpc) is 2.36. The second kappa shape index (κ2) is 6.49. The van der Waals surface area contributed by atoms with E-state index in [1.54, 1.807) is 6.92 Å². The number of hydrogen-bond acceptors (Lipinski definition) is 5. The van der Waals surface area contributed by atoms with E-state index in [-0.39, 0.29) is 12.2 Å². The molecule has 0 heterocycles. The van der Waals surface area contributed by atoms with Gasteiger partial charge in [-0.05, 0) is 19.4 Å². The van der Waals surface area contributed by atoms with Crippen LogP contribution in [0.3, 0.4) is 0 Å². The van der Waals surface area contributed by atoms with Crippen molar-refractivity contribution in [1.29, 1.82) is 0 Å². The predicted octanol–water partition coefficient (Wildman–Crippen LogP) is 2.40. The number of carboxylic acid groups (broad SMARTS) is 1. The fourth-order valence-corrected chi connectivity index (χ4v) is 1.93. The van der Waals surface area contributed by atoms with Crippen LogP contribution in [0.15, 0.2) is 12.1 Å². The molecule has 1 rings (SSSR count). The first-order chi connectivity index (χ1) is 9.68. The van der Waals surface area contributed by atoms with Gasteiger partial charge in [-0.3, -0.25) is 10.1 Å². The summed E-state index contributed by atoms with van der Waals surface area (Å²) in [5.74, 6) is -2.47. The predicted molar refractivity (Wildman–Crippen MR) is 74.0 cm³/mol. The topological polar surface area (TPSA) is 113 Å². The van der Waals surface area contributed by atoms with Crippen molar-refractivity contribution >= 4 is 17.3 Å². The number of nitro benzene ring substituents is 1. The third-order valence-corrected chi connectivity index (χ3v) is 2.96. The number of rotatable bonds is 7. The molecule has 0 amide bonds. The maximum atomic E-state index is 13.8. The highest BCUT2D eigenvalue weighted by molar-refractivity contribution is 5.93. The lowest BCUT2D eigenvalue weighted by molar-refractivity contribution is -0.385. The molecule has 0 aliphatic carbocycles. The van der Waals surface area contributed by atoms with Crippen LogP contribution < -0.4 is 5.32 Å². The van der Waals surface area contributed by atoms with Gasteiger partial charge in [0.05, 0.1) is 22.3 Å². The van der Waals surface area contributed by atoms with Gasteiger partial charge < -0.3 is 15.5 Å². The number of nitrogens with one attached hydrogen (secondary N) is 1. The SMILES string of the molecule is CCCC(C)(O)CNc1cc(C(=O)O)c([N+](=O)[O-])cc1F. The Hall–Kier alpha value is -2.22. The van der Waals surface area contributed by atoms with Gasteiger partial charge in [0.2, 0.25) is 0 Å². The van der Waals surface area contributed by atoms with Crippen molar-refractivity contribution < 1.29 is 24.3 Å². The molecule has 0 saturated carbocycles. The fraction of sp³-hybridized carbons (Fsp3) is 0.462. The summed E-state index contributed by atoms with van der Waals surface area (Å²) in [6.07, 6.45) is 1.19. The number of carboxylic acids is 1. The third-order valence-electron chi connectivity index (χ3n) is 2.96. The highest BCUT2D eigenvalue weighted by Gasteiger charge is 2.25. The summed E-state index contributed by atoms with van der Waals surface area (Å²) < 4.78 is 13.8. The van der Waals surface area contributed by atoms with Gasteiger partial charge in [-0.2, -0.15) is 0 Å². The van der Waals surface area contributed by atoms with Gasteiger partial charge in [-0.1, -0.05) is 13.3 Å². The smallest absolute Gasteiger partial charge is 0.342 e. The van der Waals surface area contributed by atoms with E-state index in [1.165, 1.54) is 0 Å². The molecule has 0 aliphatic heterocycles. The summed E-state index contributed by atoms with van der Waals surface area (Å²) in [7, 11) is 0. The number of nitro groups is 1. The summed E-state index contributed by atoms with van der Waals surface area (Å²) in [6.45, 7) is 3.43. The Morgan fingerprint density at radius 3 is 2.62 bits per heavy atom. The van der Waals surface area contributed by atoms with Gasteiger partial charge in [0.15, 0.2) is 5.82 Å². The molecule has 116 valence electrons. The van der Waals surface area contributed by atoms with Crippen LogP contribution in [-0.4, -0.2) is 33.3 Å². The molecule has 7 nitrogen and oxygen atoms in total. The highest BCUT2D eigenvalue weighted by atomic mass is 19.1. The zero-order valence-electron chi connectivity index (χ0n) is 11.7. The van der Waals surface area contributed by atoms with Crippen molar-refractivity contribution in [2.24, 2.45) is 0 Å². The number of carbonyl (C=O) groups is 1. The van der Waals surface area contributed by atoms with Crippen LogP contribution >= 0.6 is 0 Å². The van der Waals surface area contributed by atoms with Crippen LogP contribution in [0.2, 0.25) is 0 Å². The Kier molecular flexibility index (Phi) is 5.20. The molecule has 1 unspecified atom stereocenters. The first-order valence-electron chi connectivity index (χ1n) is 6.35. The molecule has 0 saturated heterocycles. The van der Waals surface area contributed by atoms with Crippen molar-refractivity contribution in [2.75, 3.05) is 11.9 Å². The molecule has 1 aromatic carbocycles. The molecule has 0 aromatic heterocycles. The Morgan fingerprint density at radius 1 is 1.52 bits per heavy atom. The van der Waals surface area contributed by atoms with E-state index in [0.29, 0.717) is 12.5 Å². The lowest BCUT2D eigenvalue weighted by Gasteiger charge is -2.23. The van der Waals surface area contributed by atoms with E-state index >= 15 is 0 Å². The van der Waals surface area contributed by atoms with E-state index in [9.17, 15) is 24.4 Å². The summed E-state index contributed by atoms with van der Waals surface area (Å²) >= 11 is 0. The van der Waals surface area contributed by atoms with Crippen molar-refractivity contribution in [2.45, 2.75) is 32.3 Å². The number of nitrogens with zero attached hydrogens (tertiary/aromatic N) is 1. The average molecular weight is 300 g/mol. The van der Waals surface area contributed by atoms with Crippen molar-refractivity contribution in [3.63, 3.8) is 0 Å². The zero-order valence-corrected chi connectivity index (χ0v) is 11.7. The van der Waals surface area contributed by atoms with E-state index in [1.807, 2.05) is 6.92 Å². The second-order valence-electron chi connectivity index (χ2n) is 5.01. The Balaban J connectivity index is 3.07.